The summed E-state index contributed by atoms with van der Waals surface area (Å²) in [7, 11) is 0. The Labute approximate surface area is 134 Å². The fraction of sp³-hybridized carbons (Fsp3) is 0.467. The van der Waals surface area contributed by atoms with Crippen LogP contribution >= 0.6 is 11.6 Å². The molecule has 1 aromatic rings. The maximum Gasteiger partial charge on any atom is 0.260 e. The molecule has 2 N–H and O–H groups in total. The third-order valence-corrected chi connectivity index (χ3v) is 3.57. The van der Waals surface area contributed by atoms with Crippen molar-refractivity contribution in [3.63, 3.8) is 0 Å². The highest BCUT2D eigenvalue weighted by Gasteiger charge is 2.26. The molecule has 0 spiro atoms. The van der Waals surface area contributed by atoms with Crippen LogP contribution < -0.4 is 10.5 Å². The lowest BCUT2D eigenvalue weighted by molar-refractivity contribution is -0.145. The topological polar surface area (TPSA) is 81.9 Å². The van der Waals surface area contributed by atoms with Crippen molar-refractivity contribution >= 4 is 23.4 Å². The molecular weight excluding hydrogens is 308 g/mol. The van der Waals surface area contributed by atoms with E-state index in [0.717, 1.165) is 0 Å². The SMILES string of the molecule is C[C@@H]1CN(C(=O)COc2ccc(Cl)cc2C(N)=O)C[C@@H](C)O1. The van der Waals surface area contributed by atoms with Crippen molar-refractivity contribution in [3.8, 4) is 5.75 Å². The van der Waals surface area contributed by atoms with Gasteiger partial charge in [0.05, 0.1) is 17.8 Å². The lowest BCUT2D eigenvalue weighted by Gasteiger charge is -2.35. The molecule has 0 unspecified atom stereocenters. The number of amides is 2. The molecule has 0 aromatic heterocycles. The monoisotopic (exact) mass is 326 g/mol. The fourth-order valence-corrected chi connectivity index (χ4v) is 2.61. The standard InChI is InChI=1S/C15H19ClN2O4/c1-9-6-18(7-10(2)22-9)14(19)8-21-13-4-3-11(16)5-12(13)15(17)20/h3-5,9-10H,6-8H2,1-2H3,(H2,17,20)/t9-,10-/m1/s1. The zero-order valence-electron chi connectivity index (χ0n) is 12.5. The van der Waals surface area contributed by atoms with Crippen molar-refractivity contribution in [1.29, 1.82) is 0 Å². The van der Waals surface area contributed by atoms with Crippen molar-refractivity contribution in [1.82, 2.24) is 4.90 Å². The van der Waals surface area contributed by atoms with Crippen LogP contribution in [0.15, 0.2) is 18.2 Å². The largest absolute Gasteiger partial charge is 0.483 e. The van der Waals surface area contributed by atoms with Crippen molar-refractivity contribution < 1.29 is 19.1 Å². The first-order valence-electron chi connectivity index (χ1n) is 7.02. The van der Waals surface area contributed by atoms with E-state index in [1.807, 2.05) is 13.8 Å². The summed E-state index contributed by atoms with van der Waals surface area (Å²) in [4.78, 5) is 25.3. The zero-order valence-corrected chi connectivity index (χ0v) is 13.3. The molecule has 2 amide bonds. The van der Waals surface area contributed by atoms with Gasteiger partial charge in [-0.1, -0.05) is 11.6 Å². The quantitative estimate of drug-likeness (QED) is 0.908. The third-order valence-electron chi connectivity index (χ3n) is 3.33. The Kier molecular flexibility index (Phi) is 5.26. The second kappa shape index (κ2) is 6.98. The summed E-state index contributed by atoms with van der Waals surface area (Å²) in [5.41, 5.74) is 5.44. The van der Waals surface area contributed by atoms with Crippen LogP contribution in [0.2, 0.25) is 5.02 Å². The summed E-state index contributed by atoms with van der Waals surface area (Å²) in [6, 6.07) is 4.52. The average molecular weight is 327 g/mol. The molecule has 0 aliphatic carbocycles. The number of hydrogen-bond donors (Lipinski definition) is 1. The van der Waals surface area contributed by atoms with Crippen molar-refractivity contribution in [2.75, 3.05) is 19.7 Å². The molecule has 1 heterocycles. The first-order valence-corrected chi connectivity index (χ1v) is 7.40. The normalized spacial score (nSPS) is 21.5. The van der Waals surface area contributed by atoms with Gasteiger partial charge in [0, 0.05) is 18.1 Å². The number of primary amides is 1. The van der Waals surface area contributed by atoms with Gasteiger partial charge in [0.2, 0.25) is 0 Å². The van der Waals surface area contributed by atoms with Crippen LogP contribution in [-0.4, -0.2) is 48.6 Å². The number of halogens is 1. The molecule has 1 aliphatic rings. The van der Waals surface area contributed by atoms with E-state index in [1.165, 1.54) is 12.1 Å². The van der Waals surface area contributed by atoms with E-state index in [1.54, 1.807) is 11.0 Å². The molecule has 1 saturated heterocycles. The summed E-state index contributed by atoms with van der Waals surface area (Å²) in [6.07, 6.45) is -0.0196. The van der Waals surface area contributed by atoms with Crippen LogP contribution in [0.5, 0.6) is 5.75 Å². The summed E-state index contributed by atoms with van der Waals surface area (Å²) >= 11 is 5.83. The second-order valence-corrected chi connectivity index (χ2v) is 5.79. The van der Waals surface area contributed by atoms with Gasteiger partial charge in [-0.3, -0.25) is 9.59 Å². The van der Waals surface area contributed by atoms with Crippen LogP contribution in [0, 0.1) is 0 Å². The smallest absolute Gasteiger partial charge is 0.260 e. The summed E-state index contributed by atoms with van der Waals surface area (Å²) < 4.78 is 11.0. The minimum Gasteiger partial charge on any atom is -0.483 e. The Hall–Kier alpha value is -1.79. The van der Waals surface area contributed by atoms with Crippen LogP contribution in [0.25, 0.3) is 0 Å². The van der Waals surface area contributed by atoms with Gasteiger partial charge in [0.15, 0.2) is 6.61 Å². The number of benzene rings is 1. The van der Waals surface area contributed by atoms with Gasteiger partial charge in [-0.2, -0.15) is 0 Å². The third kappa shape index (κ3) is 4.11. The lowest BCUT2D eigenvalue weighted by atomic mass is 10.2. The lowest BCUT2D eigenvalue weighted by Crippen LogP contribution is -2.49. The van der Waals surface area contributed by atoms with E-state index < -0.39 is 5.91 Å². The van der Waals surface area contributed by atoms with Crippen LogP contribution in [0.3, 0.4) is 0 Å². The number of carbonyl (C=O) groups excluding carboxylic acids is 2. The molecule has 1 aromatic carbocycles. The average Bonchev–Trinajstić information content (AvgIpc) is 2.44. The molecular formula is C15H19ClN2O4. The van der Waals surface area contributed by atoms with E-state index >= 15 is 0 Å². The van der Waals surface area contributed by atoms with Crippen LogP contribution in [-0.2, 0) is 9.53 Å². The van der Waals surface area contributed by atoms with Crippen LogP contribution in [0.4, 0.5) is 0 Å². The Balaban J connectivity index is 2.01. The maximum atomic E-state index is 12.2. The Morgan fingerprint density at radius 3 is 2.59 bits per heavy atom. The first-order chi connectivity index (χ1) is 10.4. The molecule has 0 saturated carbocycles. The van der Waals surface area contributed by atoms with Gasteiger partial charge >= 0.3 is 0 Å². The molecule has 6 nitrogen and oxygen atoms in total. The van der Waals surface area contributed by atoms with Gasteiger partial charge in [-0.15, -0.1) is 0 Å². The number of hydrogen-bond acceptors (Lipinski definition) is 4. The summed E-state index contributed by atoms with van der Waals surface area (Å²) in [6.45, 7) is 4.72. The summed E-state index contributed by atoms with van der Waals surface area (Å²) in [5.74, 6) is -0.564. The molecule has 2 rings (SSSR count). The van der Waals surface area contributed by atoms with Crippen LogP contribution in [0.1, 0.15) is 24.2 Å². The zero-order chi connectivity index (χ0) is 16.3. The molecule has 7 heteroatoms. The van der Waals surface area contributed by atoms with Gasteiger partial charge in [0.25, 0.3) is 11.8 Å². The van der Waals surface area contributed by atoms with Crippen molar-refractivity contribution in [2.24, 2.45) is 5.73 Å². The minimum atomic E-state index is -0.654. The van der Waals surface area contributed by atoms with Crippen molar-refractivity contribution in [2.45, 2.75) is 26.1 Å². The van der Waals surface area contributed by atoms with E-state index in [-0.39, 0.29) is 36.0 Å². The van der Waals surface area contributed by atoms with Gasteiger partial charge in [0.1, 0.15) is 5.75 Å². The predicted octanol–water partition coefficient (Wildman–Crippen LogP) is 1.45. The molecule has 0 bridgehead atoms. The number of ether oxygens (including phenoxy) is 2. The minimum absolute atomic E-state index is 0.00980. The van der Waals surface area contributed by atoms with Crippen molar-refractivity contribution in [3.05, 3.63) is 28.8 Å². The van der Waals surface area contributed by atoms with E-state index in [2.05, 4.69) is 0 Å². The first kappa shape index (κ1) is 16.6. The van der Waals surface area contributed by atoms with Gasteiger partial charge < -0.3 is 20.1 Å². The van der Waals surface area contributed by atoms with Gasteiger partial charge in [-0.25, -0.2) is 0 Å². The summed E-state index contributed by atoms with van der Waals surface area (Å²) in [5, 5.41) is 0.378. The van der Waals surface area contributed by atoms with Gasteiger partial charge in [-0.05, 0) is 32.0 Å². The Bertz CT molecular complexity index is 569. The highest BCUT2D eigenvalue weighted by atomic mass is 35.5. The number of rotatable bonds is 4. The van der Waals surface area contributed by atoms with E-state index in [4.69, 9.17) is 26.8 Å². The Morgan fingerprint density at radius 2 is 2.00 bits per heavy atom. The Morgan fingerprint density at radius 1 is 1.36 bits per heavy atom. The second-order valence-electron chi connectivity index (χ2n) is 5.35. The number of nitrogens with zero attached hydrogens (tertiary/aromatic N) is 1. The maximum absolute atomic E-state index is 12.2. The van der Waals surface area contributed by atoms with E-state index in [0.29, 0.717) is 18.1 Å². The fourth-order valence-electron chi connectivity index (χ4n) is 2.43. The number of nitrogens with two attached hydrogens (primary N) is 1. The highest BCUT2D eigenvalue weighted by Crippen LogP contribution is 2.22. The highest BCUT2D eigenvalue weighted by molar-refractivity contribution is 6.31. The molecule has 1 fully saturated rings. The molecule has 1 aliphatic heterocycles. The number of morpholine rings is 1. The molecule has 22 heavy (non-hydrogen) atoms. The number of carbonyl (C=O) groups is 2. The molecule has 2 atom stereocenters. The molecule has 120 valence electrons. The predicted molar refractivity (Wildman–Crippen MR) is 82.1 cm³/mol. The van der Waals surface area contributed by atoms with E-state index in [9.17, 15) is 9.59 Å². The molecule has 0 radical (unpaired) electrons.